The van der Waals surface area contributed by atoms with E-state index in [0.717, 1.165) is 0 Å². The van der Waals surface area contributed by atoms with Crippen molar-refractivity contribution in [1.82, 2.24) is 5.32 Å². The number of alkyl halides is 2. The van der Waals surface area contributed by atoms with E-state index < -0.39 is 16.2 Å². The second-order valence-corrected chi connectivity index (χ2v) is 12.4. The summed E-state index contributed by atoms with van der Waals surface area (Å²) in [5, 5.41) is 10.1. The maximum absolute atomic E-state index is 13.0. The third kappa shape index (κ3) is 5.58. The molecule has 0 aliphatic heterocycles. The van der Waals surface area contributed by atoms with E-state index >= 15 is 0 Å². The predicted octanol–water partition coefficient (Wildman–Crippen LogP) is 8.36. The lowest BCUT2D eigenvalue weighted by atomic mass is 10.1. The second-order valence-electron chi connectivity index (χ2n) is 8.78. The van der Waals surface area contributed by atoms with Gasteiger partial charge in [-0.15, -0.1) is 34.5 Å². The first kappa shape index (κ1) is 26.6. The number of hydrogen-bond acceptors (Lipinski definition) is 3. The Balaban J connectivity index is 1.24. The van der Waals surface area contributed by atoms with Crippen LogP contribution in [0.5, 0.6) is 0 Å². The van der Waals surface area contributed by atoms with Crippen LogP contribution in [-0.2, 0) is 11.2 Å². The van der Waals surface area contributed by atoms with Gasteiger partial charge in [0.1, 0.15) is 4.33 Å². The Hall–Kier alpha value is -1.99. The lowest BCUT2D eigenvalue weighted by Crippen LogP contribution is -2.26. The number of benzene rings is 3. The number of carbonyl (C=O) groups excluding carboxylic acids is 2. The molecule has 2 amide bonds. The minimum absolute atomic E-state index is 0.256. The van der Waals surface area contributed by atoms with Crippen LogP contribution in [0.2, 0.25) is 15.1 Å². The highest BCUT2D eigenvalue weighted by Crippen LogP contribution is 2.65. The molecule has 37 heavy (non-hydrogen) atoms. The van der Waals surface area contributed by atoms with E-state index in [1.807, 2.05) is 12.1 Å². The third-order valence-electron chi connectivity index (χ3n) is 6.30. The fraction of sp³-hybridized carbons (Fsp3) is 0.185. The van der Waals surface area contributed by atoms with Crippen molar-refractivity contribution in [2.75, 3.05) is 11.9 Å². The third-order valence-corrected chi connectivity index (χ3v) is 9.02. The normalized spacial score (nSPS) is 18.0. The molecule has 5 rings (SSSR count). The first-order valence-corrected chi connectivity index (χ1v) is 14.1. The number of fused-ring (bicyclic) bond motifs is 1. The zero-order valence-corrected chi connectivity index (χ0v) is 23.6. The average Bonchev–Trinajstić information content (AvgIpc) is 3.21. The number of nitrogens with one attached hydrogen (secondary N) is 2. The molecule has 0 radical (unpaired) electrons. The largest absolute Gasteiger partial charge is 0.352 e. The molecule has 0 unspecified atom stereocenters. The highest BCUT2D eigenvalue weighted by atomic mass is 35.5. The van der Waals surface area contributed by atoms with Gasteiger partial charge in [0.25, 0.3) is 5.91 Å². The molecule has 0 bridgehead atoms. The number of anilines is 1. The fourth-order valence-electron chi connectivity index (χ4n) is 4.45. The summed E-state index contributed by atoms with van der Waals surface area (Å²) in [5.41, 5.74) is 2.52. The van der Waals surface area contributed by atoms with E-state index in [2.05, 4.69) is 28.1 Å². The molecule has 1 fully saturated rings. The minimum atomic E-state index is -1.31. The predicted molar refractivity (Wildman–Crippen MR) is 155 cm³/mol. The van der Waals surface area contributed by atoms with Crippen LogP contribution in [-0.4, -0.2) is 22.7 Å². The SMILES string of the molecule is O=C(NCCc1csc2ccccc12)c1cc(NC(=O)[C@@H]2[C@@H](c3cc(Cl)cc(Cl)c3)C2(Cl)Cl)ccc1Cl. The van der Waals surface area contributed by atoms with E-state index in [1.165, 1.54) is 21.7 Å². The van der Waals surface area contributed by atoms with E-state index in [9.17, 15) is 9.59 Å². The van der Waals surface area contributed by atoms with Crippen molar-refractivity contribution < 1.29 is 9.59 Å². The number of carbonyl (C=O) groups is 2. The van der Waals surface area contributed by atoms with E-state index in [-0.39, 0.29) is 22.4 Å². The molecule has 1 aliphatic rings. The van der Waals surface area contributed by atoms with Gasteiger partial charge in [-0.1, -0.05) is 53.0 Å². The Morgan fingerprint density at radius 3 is 2.43 bits per heavy atom. The minimum Gasteiger partial charge on any atom is -0.352 e. The molecule has 1 saturated carbocycles. The van der Waals surface area contributed by atoms with Gasteiger partial charge in [0.2, 0.25) is 5.91 Å². The first-order valence-electron chi connectivity index (χ1n) is 11.3. The molecule has 0 spiro atoms. The lowest BCUT2D eigenvalue weighted by Gasteiger charge is -2.10. The van der Waals surface area contributed by atoms with Gasteiger partial charge in [-0.2, -0.15) is 0 Å². The summed E-state index contributed by atoms with van der Waals surface area (Å²) in [7, 11) is 0. The maximum atomic E-state index is 13.0. The van der Waals surface area contributed by atoms with Gasteiger partial charge in [-0.05, 0) is 70.8 Å². The lowest BCUT2D eigenvalue weighted by molar-refractivity contribution is -0.117. The molecule has 10 heteroatoms. The Labute approximate surface area is 242 Å². The van der Waals surface area contributed by atoms with Crippen molar-refractivity contribution in [2.24, 2.45) is 5.92 Å². The fourth-order valence-corrected chi connectivity index (χ4v) is 7.02. The van der Waals surface area contributed by atoms with Crippen molar-refractivity contribution in [3.8, 4) is 0 Å². The first-order chi connectivity index (χ1) is 17.6. The van der Waals surface area contributed by atoms with Crippen LogP contribution >= 0.6 is 69.3 Å². The molecule has 1 aromatic heterocycles. The van der Waals surface area contributed by atoms with Crippen LogP contribution in [0.25, 0.3) is 10.1 Å². The van der Waals surface area contributed by atoms with Gasteiger partial charge in [0, 0.05) is 32.9 Å². The zero-order valence-electron chi connectivity index (χ0n) is 19.0. The highest BCUT2D eigenvalue weighted by molar-refractivity contribution is 7.17. The number of amides is 2. The van der Waals surface area contributed by atoms with Gasteiger partial charge in [0.15, 0.2) is 0 Å². The monoisotopic (exact) mass is 610 g/mol. The van der Waals surface area contributed by atoms with Gasteiger partial charge in [-0.25, -0.2) is 0 Å². The number of rotatable bonds is 7. The van der Waals surface area contributed by atoms with Crippen molar-refractivity contribution in [3.05, 3.63) is 97.8 Å². The van der Waals surface area contributed by atoms with Crippen LogP contribution in [0.1, 0.15) is 27.4 Å². The molecule has 0 saturated heterocycles. The Kier molecular flexibility index (Phi) is 7.65. The standard InChI is InChI=1S/C27H19Cl5N2O2S/c28-16-9-15(10-17(29)11-16)23-24(27(23,31)32)26(36)34-18-5-6-21(30)20(12-18)25(35)33-8-7-14-13-37-22-4-2-1-3-19(14)22/h1-6,9-13,23-24H,7-8H2,(H,33,35)(H,34,36)/t23-,24+/m1/s1. The van der Waals surface area contributed by atoms with E-state index in [1.54, 1.807) is 41.7 Å². The molecule has 1 aliphatic carbocycles. The smallest absolute Gasteiger partial charge is 0.252 e. The molecule has 190 valence electrons. The number of thiophene rings is 1. The van der Waals surface area contributed by atoms with Crippen LogP contribution in [0, 0.1) is 5.92 Å². The van der Waals surface area contributed by atoms with Crippen molar-refractivity contribution in [3.63, 3.8) is 0 Å². The van der Waals surface area contributed by atoms with Crippen LogP contribution in [0.4, 0.5) is 5.69 Å². The highest BCUT2D eigenvalue weighted by Gasteiger charge is 2.67. The molecule has 3 aromatic carbocycles. The summed E-state index contributed by atoms with van der Waals surface area (Å²) < 4.78 is -0.0964. The van der Waals surface area contributed by atoms with Gasteiger partial charge in [-0.3, -0.25) is 9.59 Å². The van der Waals surface area contributed by atoms with E-state index in [4.69, 9.17) is 58.0 Å². The van der Waals surface area contributed by atoms with Crippen molar-refractivity contribution in [1.29, 1.82) is 0 Å². The molecule has 1 heterocycles. The number of halogens is 5. The zero-order chi connectivity index (χ0) is 26.3. The summed E-state index contributed by atoms with van der Waals surface area (Å²) in [5.74, 6) is -1.92. The summed E-state index contributed by atoms with van der Waals surface area (Å²) >= 11 is 33.1. The molecule has 4 aromatic rings. The van der Waals surface area contributed by atoms with Gasteiger partial charge < -0.3 is 10.6 Å². The quantitative estimate of drug-likeness (QED) is 0.206. The summed E-state index contributed by atoms with van der Waals surface area (Å²) in [4.78, 5) is 25.9. The van der Waals surface area contributed by atoms with Crippen LogP contribution in [0.15, 0.2) is 66.0 Å². The summed E-state index contributed by atoms with van der Waals surface area (Å²) in [6, 6.07) is 17.9. The van der Waals surface area contributed by atoms with Crippen LogP contribution in [0.3, 0.4) is 0 Å². The molecular formula is C27H19Cl5N2O2S. The molecule has 2 atom stereocenters. The Morgan fingerprint density at radius 1 is 0.946 bits per heavy atom. The maximum Gasteiger partial charge on any atom is 0.252 e. The van der Waals surface area contributed by atoms with E-state index in [0.29, 0.717) is 34.3 Å². The molecule has 2 N–H and O–H groups in total. The summed E-state index contributed by atoms with van der Waals surface area (Å²) in [6.07, 6.45) is 0.688. The van der Waals surface area contributed by atoms with Crippen molar-refractivity contribution >= 4 is 96.9 Å². The second kappa shape index (κ2) is 10.6. The Morgan fingerprint density at radius 2 is 1.68 bits per heavy atom. The Bertz CT molecular complexity index is 1500. The van der Waals surface area contributed by atoms with Crippen molar-refractivity contribution in [2.45, 2.75) is 16.7 Å². The van der Waals surface area contributed by atoms with Gasteiger partial charge in [0.05, 0.1) is 16.5 Å². The number of hydrogen-bond donors (Lipinski definition) is 2. The van der Waals surface area contributed by atoms with Gasteiger partial charge >= 0.3 is 0 Å². The topological polar surface area (TPSA) is 58.2 Å². The molecule has 4 nitrogen and oxygen atoms in total. The average molecular weight is 613 g/mol. The summed E-state index contributed by atoms with van der Waals surface area (Å²) in [6.45, 7) is 0.444. The molecular weight excluding hydrogens is 594 g/mol. The van der Waals surface area contributed by atoms with Crippen LogP contribution < -0.4 is 10.6 Å².